The molecule has 1 aliphatic rings. The highest BCUT2D eigenvalue weighted by atomic mass is 16.7. The van der Waals surface area contributed by atoms with Gasteiger partial charge in [-0.05, 0) is 77.0 Å². The first-order chi connectivity index (χ1) is 33.2. The number of amides is 1. The molecule has 1 amide bonds. The van der Waals surface area contributed by atoms with Gasteiger partial charge in [0.25, 0.3) is 0 Å². The summed E-state index contributed by atoms with van der Waals surface area (Å²) in [6, 6.07) is -1.03. The van der Waals surface area contributed by atoms with Crippen molar-refractivity contribution in [2.75, 3.05) is 13.2 Å². The molecule has 0 bridgehead atoms. The summed E-state index contributed by atoms with van der Waals surface area (Å²) in [4.78, 5) is 26.4. The molecule has 1 aliphatic heterocycles. The molecule has 0 radical (unpaired) electrons. The fraction of sp³-hybridized carbons (Fsp3) is 0.825. The Bertz CT molecular complexity index is 1290. The third-order valence-electron chi connectivity index (χ3n) is 13.0. The SMILES string of the molecule is CCCCC/C=C/C=C/CCCCCCCC(O)C(=O)NC(COC1OC(CO)C(O)C(O)C1OC(=O)CCCCC/C=C\CCCCCCCC)C(O)/C=C/CCCCCCCCCCCC. The lowest BCUT2D eigenvalue weighted by molar-refractivity contribution is -0.305. The van der Waals surface area contributed by atoms with Crippen molar-refractivity contribution in [2.24, 2.45) is 0 Å². The molecule has 1 fully saturated rings. The van der Waals surface area contributed by atoms with Crippen molar-refractivity contribution in [3.8, 4) is 0 Å². The molecule has 396 valence electrons. The molecule has 0 saturated carbocycles. The van der Waals surface area contributed by atoms with E-state index in [0.717, 1.165) is 83.5 Å². The quantitative estimate of drug-likeness (QED) is 0.0149. The number of esters is 1. The summed E-state index contributed by atoms with van der Waals surface area (Å²) in [7, 11) is 0. The van der Waals surface area contributed by atoms with Gasteiger partial charge < -0.3 is 45.1 Å². The van der Waals surface area contributed by atoms with Crippen LogP contribution in [-0.2, 0) is 23.8 Å². The Labute approximate surface area is 415 Å². The fourth-order valence-electron chi connectivity index (χ4n) is 8.46. The molecule has 6 N–H and O–H groups in total. The number of rotatable bonds is 46. The maximum absolute atomic E-state index is 13.3. The first kappa shape index (κ1) is 63.6. The molecule has 8 atom stereocenters. The zero-order valence-electron chi connectivity index (χ0n) is 43.5. The molecule has 11 nitrogen and oxygen atoms in total. The second-order valence-corrected chi connectivity index (χ2v) is 19.3. The topological polar surface area (TPSA) is 175 Å². The Kier molecular flexibility index (Phi) is 42.8. The lowest BCUT2D eigenvalue weighted by Crippen LogP contribution is -2.61. The van der Waals surface area contributed by atoms with Crippen LogP contribution < -0.4 is 5.32 Å². The van der Waals surface area contributed by atoms with Crippen LogP contribution in [0.1, 0.15) is 239 Å². The second-order valence-electron chi connectivity index (χ2n) is 19.3. The third-order valence-corrected chi connectivity index (χ3v) is 13.0. The van der Waals surface area contributed by atoms with E-state index in [4.69, 9.17) is 14.2 Å². The maximum atomic E-state index is 13.3. The van der Waals surface area contributed by atoms with Crippen LogP contribution in [0.15, 0.2) is 48.6 Å². The van der Waals surface area contributed by atoms with Crippen molar-refractivity contribution in [1.82, 2.24) is 5.32 Å². The molecule has 0 aromatic heterocycles. The maximum Gasteiger partial charge on any atom is 0.306 e. The van der Waals surface area contributed by atoms with Gasteiger partial charge in [0.05, 0.1) is 25.4 Å². The average Bonchev–Trinajstić information content (AvgIpc) is 3.33. The van der Waals surface area contributed by atoms with Crippen molar-refractivity contribution in [3.63, 3.8) is 0 Å². The lowest BCUT2D eigenvalue weighted by Gasteiger charge is -2.41. The molecule has 0 aromatic rings. The van der Waals surface area contributed by atoms with E-state index >= 15 is 0 Å². The average molecular weight is 962 g/mol. The van der Waals surface area contributed by atoms with Crippen LogP contribution in [-0.4, -0.2) is 99.6 Å². The predicted molar refractivity (Wildman–Crippen MR) is 278 cm³/mol. The summed E-state index contributed by atoms with van der Waals surface area (Å²) in [6.07, 6.45) is 43.0. The molecule has 1 heterocycles. The highest BCUT2D eigenvalue weighted by Crippen LogP contribution is 2.26. The smallest absolute Gasteiger partial charge is 0.306 e. The van der Waals surface area contributed by atoms with Crippen LogP contribution >= 0.6 is 0 Å². The number of allylic oxidation sites excluding steroid dienone is 7. The number of carbonyl (C=O) groups is 2. The Morgan fingerprint density at radius 3 is 1.54 bits per heavy atom. The normalized spacial score (nSPS) is 20.3. The zero-order valence-corrected chi connectivity index (χ0v) is 43.5. The molecular formula is C57H103NO10. The molecule has 0 aromatic carbocycles. The van der Waals surface area contributed by atoms with Gasteiger partial charge in [-0.1, -0.05) is 204 Å². The Morgan fingerprint density at radius 2 is 1.01 bits per heavy atom. The van der Waals surface area contributed by atoms with Crippen LogP contribution in [0.25, 0.3) is 0 Å². The minimum Gasteiger partial charge on any atom is -0.454 e. The van der Waals surface area contributed by atoms with Crippen molar-refractivity contribution in [2.45, 2.75) is 288 Å². The van der Waals surface area contributed by atoms with Gasteiger partial charge in [-0.3, -0.25) is 9.59 Å². The number of unbranched alkanes of at least 4 members (excludes halogenated alkanes) is 27. The molecule has 68 heavy (non-hydrogen) atoms. The highest BCUT2D eigenvalue weighted by Gasteiger charge is 2.47. The van der Waals surface area contributed by atoms with E-state index in [2.05, 4.69) is 62.5 Å². The summed E-state index contributed by atoms with van der Waals surface area (Å²) in [6.45, 7) is 5.71. The van der Waals surface area contributed by atoms with Crippen molar-refractivity contribution < 1.29 is 49.3 Å². The molecule has 1 saturated heterocycles. The minimum atomic E-state index is -1.62. The fourth-order valence-corrected chi connectivity index (χ4v) is 8.46. The molecule has 0 spiro atoms. The summed E-state index contributed by atoms with van der Waals surface area (Å²) in [5.41, 5.74) is 0. The Balaban J connectivity index is 2.78. The molecular weight excluding hydrogens is 859 g/mol. The van der Waals surface area contributed by atoms with Crippen LogP contribution in [0.2, 0.25) is 0 Å². The minimum absolute atomic E-state index is 0.102. The van der Waals surface area contributed by atoms with E-state index in [0.29, 0.717) is 12.8 Å². The summed E-state index contributed by atoms with van der Waals surface area (Å²) in [5.74, 6) is -1.22. The van der Waals surface area contributed by atoms with E-state index in [1.165, 1.54) is 109 Å². The van der Waals surface area contributed by atoms with Gasteiger partial charge in [-0.2, -0.15) is 0 Å². The van der Waals surface area contributed by atoms with Crippen LogP contribution in [0.4, 0.5) is 0 Å². The van der Waals surface area contributed by atoms with Gasteiger partial charge in [0.2, 0.25) is 5.91 Å². The van der Waals surface area contributed by atoms with Crippen molar-refractivity contribution >= 4 is 11.9 Å². The van der Waals surface area contributed by atoms with E-state index in [1.807, 2.05) is 6.08 Å². The standard InChI is InChI=1S/C57H103NO10/c1-4-7-10-13-16-19-22-25-27-29-32-35-38-41-44-50(61)56(65)58-48(49(60)43-40-37-34-31-28-24-21-18-15-12-9-6-3)47-66-57-55(54(64)53(63)51(46-59)67-57)68-52(62)45-42-39-36-33-30-26-23-20-17-14-11-8-5-2/h16,19,22,25-26,30,40,43,48-51,53-55,57,59-61,63-64H,4-15,17-18,20-21,23-24,27-29,31-39,41-42,44-47H2,1-3H3,(H,58,65)/b19-16+,25-22+,30-26-,43-40+. The highest BCUT2D eigenvalue weighted by molar-refractivity contribution is 5.80. The van der Waals surface area contributed by atoms with Crippen LogP contribution in [0.3, 0.4) is 0 Å². The van der Waals surface area contributed by atoms with Crippen molar-refractivity contribution in [1.29, 1.82) is 0 Å². The number of hydrogen-bond donors (Lipinski definition) is 6. The van der Waals surface area contributed by atoms with Gasteiger partial charge in [0, 0.05) is 6.42 Å². The Morgan fingerprint density at radius 1 is 0.574 bits per heavy atom. The first-order valence-electron chi connectivity index (χ1n) is 27.9. The number of aliphatic hydroxyl groups excluding tert-OH is 5. The third kappa shape index (κ3) is 34.0. The van der Waals surface area contributed by atoms with E-state index in [9.17, 15) is 35.1 Å². The van der Waals surface area contributed by atoms with Gasteiger partial charge in [-0.25, -0.2) is 0 Å². The number of aliphatic hydroxyl groups is 5. The number of hydrogen-bond acceptors (Lipinski definition) is 10. The number of ether oxygens (including phenoxy) is 3. The first-order valence-corrected chi connectivity index (χ1v) is 27.9. The largest absolute Gasteiger partial charge is 0.454 e. The summed E-state index contributed by atoms with van der Waals surface area (Å²) < 4.78 is 17.5. The molecule has 11 heteroatoms. The zero-order chi connectivity index (χ0) is 49.7. The summed E-state index contributed by atoms with van der Waals surface area (Å²) >= 11 is 0. The van der Waals surface area contributed by atoms with Gasteiger partial charge in [0.1, 0.15) is 24.4 Å². The van der Waals surface area contributed by atoms with E-state index < -0.39 is 67.4 Å². The van der Waals surface area contributed by atoms with E-state index in [-0.39, 0.29) is 19.4 Å². The van der Waals surface area contributed by atoms with Crippen molar-refractivity contribution in [3.05, 3.63) is 48.6 Å². The molecule has 8 unspecified atom stereocenters. The van der Waals surface area contributed by atoms with E-state index in [1.54, 1.807) is 6.08 Å². The second kappa shape index (κ2) is 45.7. The van der Waals surface area contributed by atoms with Crippen LogP contribution in [0.5, 0.6) is 0 Å². The van der Waals surface area contributed by atoms with Gasteiger partial charge >= 0.3 is 5.97 Å². The monoisotopic (exact) mass is 962 g/mol. The molecule has 0 aliphatic carbocycles. The lowest BCUT2D eigenvalue weighted by atomic mass is 9.99. The number of nitrogens with one attached hydrogen (secondary N) is 1. The van der Waals surface area contributed by atoms with Gasteiger partial charge in [0.15, 0.2) is 12.4 Å². The molecule has 1 rings (SSSR count). The number of carbonyl (C=O) groups excluding carboxylic acids is 2. The van der Waals surface area contributed by atoms with Gasteiger partial charge in [-0.15, -0.1) is 0 Å². The summed E-state index contributed by atoms with van der Waals surface area (Å²) in [5, 5.41) is 56.7. The predicted octanol–water partition coefficient (Wildman–Crippen LogP) is 12.1. The van der Waals surface area contributed by atoms with Crippen LogP contribution in [0, 0.1) is 0 Å². The Hall–Kier alpha value is -2.38.